The maximum absolute atomic E-state index is 4.48. The third-order valence-electron chi connectivity index (χ3n) is 5.99. The predicted octanol–water partition coefficient (Wildman–Crippen LogP) is 7.77. The summed E-state index contributed by atoms with van der Waals surface area (Å²) in [6.45, 7) is 6.59. The maximum atomic E-state index is 4.48. The Labute approximate surface area is 208 Å². The van der Waals surface area contributed by atoms with Crippen LogP contribution in [0.1, 0.15) is 33.6 Å². The summed E-state index contributed by atoms with van der Waals surface area (Å²) in [4.78, 5) is 0. The Balaban J connectivity index is 2.20. The van der Waals surface area contributed by atoms with Crippen LogP contribution < -0.4 is 15.9 Å². The van der Waals surface area contributed by atoms with Crippen molar-refractivity contribution in [2.45, 2.75) is 33.6 Å². The van der Waals surface area contributed by atoms with E-state index in [9.17, 15) is 0 Å². The number of rotatable bonds is 8. The van der Waals surface area contributed by atoms with E-state index in [0.29, 0.717) is 5.92 Å². The molecule has 3 rings (SSSR count). The molecule has 0 aliphatic carbocycles. The summed E-state index contributed by atoms with van der Waals surface area (Å²) >= 11 is 4.48. The molecule has 0 aromatic heterocycles. The topological polar surface area (TPSA) is 0 Å². The molecule has 0 N–H and O–H groups in total. The molecule has 0 nitrogen and oxygen atoms in total. The number of allylic oxidation sites excluding steroid dienone is 4. The van der Waals surface area contributed by atoms with E-state index in [-0.39, 0.29) is 0 Å². The van der Waals surface area contributed by atoms with Crippen molar-refractivity contribution >= 4 is 36.7 Å². The van der Waals surface area contributed by atoms with Gasteiger partial charge in [0.15, 0.2) is 0 Å². The van der Waals surface area contributed by atoms with Crippen LogP contribution in [-0.4, -0.2) is 6.16 Å². The Kier molecular flexibility index (Phi) is 8.91. The van der Waals surface area contributed by atoms with Crippen molar-refractivity contribution in [1.82, 2.24) is 0 Å². The van der Waals surface area contributed by atoms with Gasteiger partial charge in [0.25, 0.3) is 0 Å². The van der Waals surface area contributed by atoms with Gasteiger partial charge in [-0.05, 0) is 0 Å². The van der Waals surface area contributed by atoms with Crippen molar-refractivity contribution in [3.8, 4) is 11.8 Å². The Morgan fingerprint density at radius 3 is 1.67 bits per heavy atom. The number of hydrogen-bond acceptors (Lipinski definition) is 0. The van der Waals surface area contributed by atoms with E-state index in [1.54, 1.807) is 0 Å². The molecule has 2 heteroatoms. The van der Waals surface area contributed by atoms with Gasteiger partial charge in [-0.2, -0.15) is 0 Å². The zero-order chi connectivity index (χ0) is 23.6. The fourth-order valence-electron chi connectivity index (χ4n) is 4.08. The van der Waals surface area contributed by atoms with Crippen LogP contribution in [0.3, 0.4) is 0 Å². The molecule has 0 atom stereocenters. The first-order chi connectivity index (χ1) is 16.0. The summed E-state index contributed by atoms with van der Waals surface area (Å²) in [5.74, 6) is 7.88. The fourth-order valence-corrected chi connectivity index (χ4v) is 10.8. The van der Waals surface area contributed by atoms with Gasteiger partial charge >= 0.3 is 209 Å². The molecular formula is C31H34BrP. The second-order valence-corrected chi connectivity index (χ2v) is 17.7. The van der Waals surface area contributed by atoms with Gasteiger partial charge in [0.1, 0.15) is 0 Å². The van der Waals surface area contributed by atoms with Gasteiger partial charge in [-0.3, -0.25) is 0 Å². The van der Waals surface area contributed by atoms with Crippen LogP contribution in [0, 0.1) is 17.8 Å². The van der Waals surface area contributed by atoms with Crippen molar-refractivity contribution < 1.29 is 0 Å². The van der Waals surface area contributed by atoms with Gasteiger partial charge in [0.2, 0.25) is 0 Å². The summed E-state index contributed by atoms with van der Waals surface area (Å²) in [6.07, 6.45) is 9.23. The molecule has 33 heavy (non-hydrogen) atoms. The molecule has 0 aliphatic rings. The van der Waals surface area contributed by atoms with Crippen LogP contribution >= 0.6 is 20.8 Å². The summed E-state index contributed by atoms with van der Waals surface area (Å²) in [5.41, 5.74) is 1.20. The van der Waals surface area contributed by atoms with E-state index >= 15 is 0 Å². The van der Waals surface area contributed by atoms with Crippen molar-refractivity contribution in [3.63, 3.8) is 0 Å². The first-order valence-corrected chi connectivity index (χ1v) is 16.1. The van der Waals surface area contributed by atoms with Crippen LogP contribution in [-0.2, 0) is 0 Å². The average Bonchev–Trinajstić information content (AvgIpc) is 2.87. The zero-order valence-electron chi connectivity index (χ0n) is 19.9. The second kappa shape index (κ2) is 11.7. The zero-order valence-corrected chi connectivity index (χ0v) is 22.4. The van der Waals surface area contributed by atoms with Gasteiger partial charge in [-0.15, -0.1) is 0 Å². The molecule has 0 bridgehead atoms. The molecule has 0 radical (unpaired) electrons. The molecule has 3 aromatic rings. The van der Waals surface area contributed by atoms with E-state index < -0.39 is 5.31 Å². The number of hydrogen-bond donors (Lipinski definition) is 0. The van der Waals surface area contributed by atoms with Crippen molar-refractivity contribution in [3.05, 3.63) is 115 Å². The van der Waals surface area contributed by atoms with E-state index in [1.807, 2.05) is 0 Å². The minimum absolute atomic E-state index is 0.661. The van der Waals surface area contributed by atoms with Gasteiger partial charge in [0, 0.05) is 0 Å². The minimum atomic E-state index is -2.99. The molecule has 0 amide bonds. The van der Waals surface area contributed by atoms with Crippen LogP contribution in [0.2, 0.25) is 0 Å². The van der Waals surface area contributed by atoms with Crippen molar-refractivity contribution in [2.75, 3.05) is 6.16 Å². The SMILES string of the molecule is C/C=C/C=C(\C#CCP(Br)(c1ccccc1)(c1ccccc1)c1ccccc1)CCC(C)C. The molecule has 0 spiro atoms. The van der Waals surface area contributed by atoms with Gasteiger partial charge in [-0.25, -0.2) is 0 Å². The average molecular weight is 517 g/mol. The van der Waals surface area contributed by atoms with Crippen molar-refractivity contribution in [1.29, 1.82) is 0 Å². The van der Waals surface area contributed by atoms with Crippen LogP contribution in [0.25, 0.3) is 0 Å². The Morgan fingerprint density at radius 1 is 0.818 bits per heavy atom. The van der Waals surface area contributed by atoms with Crippen LogP contribution in [0.4, 0.5) is 0 Å². The molecule has 0 fully saturated rings. The summed E-state index contributed by atoms with van der Waals surface area (Å²) < 4.78 is 0. The summed E-state index contributed by atoms with van der Waals surface area (Å²) in [7, 11) is 0. The molecular weight excluding hydrogens is 483 g/mol. The van der Waals surface area contributed by atoms with Crippen molar-refractivity contribution in [2.24, 2.45) is 5.92 Å². The molecule has 0 saturated heterocycles. The normalized spacial score (nSPS) is 13.4. The predicted molar refractivity (Wildman–Crippen MR) is 154 cm³/mol. The number of benzene rings is 3. The Hall–Kier alpha value is -2.39. The van der Waals surface area contributed by atoms with E-state index in [1.165, 1.54) is 21.5 Å². The monoisotopic (exact) mass is 516 g/mol. The molecule has 0 saturated carbocycles. The summed E-state index contributed by atoms with van der Waals surface area (Å²) in [5, 5.41) is 0.918. The molecule has 0 heterocycles. The van der Waals surface area contributed by atoms with Gasteiger partial charge in [-0.1, -0.05) is 0 Å². The van der Waals surface area contributed by atoms with E-state index in [2.05, 4.69) is 157 Å². The standard InChI is InChI=1S/C31H34BrP/c1-4-5-16-28(25-24-27(2)3)17-15-26-33(32,29-18-9-6-10-19-29,30-20-11-7-12-21-30)31-22-13-8-14-23-31/h4-14,16,18-23,27H,24-26H2,1-3H3/b5-4+,28-16+. The molecule has 3 aromatic carbocycles. The Morgan fingerprint density at radius 2 is 1.27 bits per heavy atom. The van der Waals surface area contributed by atoms with Crippen LogP contribution in [0.15, 0.2) is 115 Å². The summed E-state index contributed by atoms with van der Waals surface area (Å²) in [6, 6.07) is 32.6. The number of halogens is 1. The van der Waals surface area contributed by atoms with Gasteiger partial charge < -0.3 is 0 Å². The first-order valence-electron chi connectivity index (χ1n) is 11.7. The van der Waals surface area contributed by atoms with E-state index in [4.69, 9.17) is 0 Å². The third-order valence-corrected chi connectivity index (χ3v) is 15.3. The first kappa shape index (κ1) is 25.2. The molecule has 0 unspecified atom stereocenters. The quantitative estimate of drug-likeness (QED) is 0.163. The van der Waals surface area contributed by atoms with Crippen LogP contribution in [0.5, 0.6) is 0 Å². The van der Waals surface area contributed by atoms with Gasteiger partial charge in [0.05, 0.1) is 0 Å². The Bertz CT molecular complexity index is 1030. The van der Waals surface area contributed by atoms with E-state index in [0.717, 1.165) is 19.0 Å². The molecule has 170 valence electrons. The second-order valence-electron chi connectivity index (χ2n) is 8.80. The third kappa shape index (κ3) is 5.76. The molecule has 0 aliphatic heterocycles. The fraction of sp³-hybridized carbons (Fsp3) is 0.226.